The molecular formula is C38H40N6O7S. The van der Waals surface area contributed by atoms with Crippen LogP contribution in [0.4, 0.5) is 4.79 Å². The third kappa shape index (κ3) is 7.52. The van der Waals surface area contributed by atoms with E-state index in [0.717, 1.165) is 24.0 Å². The van der Waals surface area contributed by atoms with Crippen molar-refractivity contribution in [3.63, 3.8) is 0 Å². The van der Waals surface area contributed by atoms with Crippen LogP contribution in [0.2, 0.25) is 0 Å². The zero-order valence-electron chi connectivity index (χ0n) is 29.3. The predicted molar refractivity (Wildman–Crippen MR) is 192 cm³/mol. The summed E-state index contributed by atoms with van der Waals surface area (Å²) in [6, 6.07) is 17.8. The molecule has 2 aliphatic heterocycles. The minimum Gasteiger partial charge on any atom is -0.489 e. The Balaban J connectivity index is 1.19. The fraction of sp³-hybridized carbons (Fsp3) is 0.368. The molecule has 14 heteroatoms. The SMILES string of the molecule is CC(C)(C)OC(=O)ON1CCC(n2cc(-c3cnc4c(c3)c(-c3ccc(OC5CCOCC5)c(C#N)c3)cn4S(=O)(=O)c3ccccc3)cn2)CC1. The number of aromatic nitrogens is 4. The molecule has 2 saturated heterocycles. The number of ether oxygens (including phenoxy) is 3. The van der Waals surface area contributed by atoms with Crippen molar-refractivity contribution in [2.75, 3.05) is 26.3 Å². The number of hydroxylamine groups is 2. The molecule has 270 valence electrons. The Bertz CT molecular complexity index is 2220. The van der Waals surface area contributed by atoms with E-state index in [0.29, 0.717) is 67.0 Å². The molecule has 13 nitrogen and oxygen atoms in total. The van der Waals surface area contributed by atoms with Crippen LogP contribution in [0.5, 0.6) is 5.75 Å². The van der Waals surface area contributed by atoms with Crippen molar-refractivity contribution in [3.8, 4) is 34.1 Å². The smallest absolute Gasteiger partial charge is 0.489 e. The van der Waals surface area contributed by atoms with Crippen molar-refractivity contribution in [1.82, 2.24) is 23.8 Å². The Kier molecular flexibility index (Phi) is 9.76. The van der Waals surface area contributed by atoms with Crippen LogP contribution in [0.25, 0.3) is 33.3 Å². The molecule has 2 aromatic carbocycles. The first-order valence-electron chi connectivity index (χ1n) is 17.3. The van der Waals surface area contributed by atoms with Gasteiger partial charge in [-0.15, -0.1) is 5.06 Å². The van der Waals surface area contributed by atoms with E-state index in [2.05, 4.69) is 11.2 Å². The van der Waals surface area contributed by atoms with Gasteiger partial charge < -0.3 is 19.0 Å². The standard InChI is InChI=1S/C38H40N6O7S/c1-38(2,3)50-37(45)51-42-15-11-30(12-16-42)43-24-29(23-41-43)28-20-33-34(25-44(36(33)40-22-28)52(46,47)32-7-5-4-6-8-32)26-9-10-35(27(19-26)21-39)49-31-13-17-48-18-14-31/h4-10,19-20,22-25,30-31H,11-18H2,1-3H3. The maximum absolute atomic E-state index is 14.0. The Morgan fingerprint density at radius 2 is 1.69 bits per heavy atom. The van der Waals surface area contributed by atoms with Gasteiger partial charge in [-0.05, 0) is 69.5 Å². The van der Waals surface area contributed by atoms with E-state index < -0.39 is 21.8 Å². The van der Waals surface area contributed by atoms with Crippen LogP contribution in [0, 0.1) is 11.3 Å². The van der Waals surface area contributed by atoms with Crippen molar-refractivity contribution in [3.05, 3.63) is 84.9 Å². The largest absolute Gasteiger partial charge is 0.528 e. The quantitative estimate of drug-likeness (QED) is 0.157. The van der Waals surface area contributed by atoms with Gasteiger partial charge in [0, 0.05) is 66.6 Å². The molecule has 0 radical (unpaired) electrons. The average Bonchev–Trinajstić information content (AvgIpc) is 3.78. The molecule has 0 unspecified atom stereocenters. The Hall–Kier alpha value is -5.23. The lowest BCUT2D eigenvalue weighted by Gasteiger charge is -2.31. The number of hydrogen-bond donors (Lipinski definition) is 0. The minimum absolute atomic E-state index is 0.0459. The third-order valence-electron chi connectivity index (χ3n) is 9.11. The number of pyridine rings is 1. The number of nitrogens with zero attached hydrogens (tertiary/aromatic N) is 6. The highest BCUT2D eigenvalue weighted by Crippen LogP contribution is 2.37. The molecule has 3 aromatic heterocycles. The number of piperidine rings is 1. The molecule has 5 aromatic rings. The summed E-state index contributed by atoms with van der Waals surface area (Å²) >= 11 is 0. The van der Waals surface area contributed by atoms with Gasteiger partial charge in [0.1, 0.15) is 23.5 Å². The molecule has 2 fully saturated rings. The summed E-state index contributed by atoms with van der Waals surface area (Å²) in [5, 5.41) is 17.0. The van der Waals surface area contributed by atoms with E-state index in [4.69, 9.17) is 24.0 Å². The molecule has 0 amide bonds. The number of carbonyl (C=O) groups is 1. The van der Waals surface area contributed by atoms with E-state index in [1.54, 1.807) is 86.9 Å². The van der Waals surface area contributed by atoms with Crippen LogP contribution in [0.15, 0.2) is 84.3 Å². The van der Waals surface area contributed by atoms with Crippen LogP contribution in [0.1, 0.15) is 58.1 Å². The van der Waals surface area contributed by atoms with Gasteiger partial charge in [-0.1, -0.05) is 24.3 Å². The predicted octanol–water partition coefficient (Wildman–Crippen LogP) is 6.74. The molecule has 0 N–H and O–H groups in total. The number of rotatable bonds is 8. The second-order valence-corrected chi connectivity index (χ2v) is 15.7. The normalized spacial score (nSPS) is 16.4. The Labute approximate surface area is 302 Å². The lowest BCUT2D eigenvalue weighted by Crippen LogP contribution is -2.38. The highest BCUT2D eigenvalue weighted by atomic mass is 32.2. The van der Waals surface area contributed by atoms with Crippen LogP contribution < -0.4 is 4.74 Å². The van der Waals surface area contributed by atoms with Gasteiger partial charge in [0.05, 0.1) is 35.9 Å². The molecule has 0 bridgehead atoms. The molecule has 0 atom stereocenters. The van der Waals surface area contributed by atoms with E-state index >= 15 is 0 Å². The number of hydrogen-bond acceptors (Lipinski definition) is 11. The van der Waals surface area contributed by atoms with Gasteiger partial charge in [0.25, 0.3) is 10.0 Å². The summed E-state index contributed by atoms with van der Waals surface area (Å²) < 4.78 is 47.9. The molecular weight excluding hydrogens is 685 g/mol. The average molecular weight is 725 g/mol. The Morgan fingerprint density at radius 3 is 2.40 bits per heavy atom. The van der Waals surface area contributed by atoms with Gasteiger partial charge in [0.2, 0.25) is 0 Å². The van der Waals surface area contributed by atoms with E-state index in [1.807, 2.05) is 23.0 Å². The van der Waals surface area contributed by atoms with E-state index in [-0.39, 0.29) is 22.7 Å². The van der Waals surface area contributed by atoms with Gasteiger partial charge in [-0.25, -0.2) is 22.2 Å². The first-order valence-corrected chi connectivity index (χ1v) is 18.7. The summed E-state index contributed by atoms with van der Waals surface area (Å²) in [4.78, 5) is 22.3. The van der Waals surface area contributed by atoms with Gasteiger partial charge in [-0.2, -0.15) is 10.4 Å². The summed E-state index contributed by atoms with van der Waals surface area (Å²) in [6.07, 6.45) is 9.06. The first kappa shape index (κ1) is 35.2. The molecule has 7 rings (SSSR count). The van der Waals surface area contributed by atoms with E-state index in [1.165, 1.54) is 3.97 Å². The summed E-state index contributed by atoms with van der Waals surface area (Å²) in [5.41, 5.74) is 2.78. The van der Waals surface area contributed by atoms with Gasteiger partial charge in [0.15, 0.2) is 5.65 Å². The topological polar surface area (TPSA) is 151 Å². The second kappa shape index (κ2) is 14.4. The second-order valence-electron chi connectivity index (χ2n) is 13.9. The Morgan fingerprint density at radius 1 is 0.942 bits per heavy atom. The zero-order chi connectivity index (χ0) is 36.5. The summed E-state index contributed by atoms with van der Waals surface area (Å²) in [6.45, 7) is 7.65. The van der Waals surface area contributed by atoms with Crippen molar-refractivity contribution in [1.29, 1.82) is 5.26 Å². The highest BCUT2D eigenvalue weighted by Gasteiger charge is 2.28. The van der Waals surface area contributed by atoms with Gasteiger partial charge >= 0.3 is 6.16 Å². The van der Waals surface area contributed by atoms with Gasteiger partial charge in [-0.3, -0.25) is 4.68 Å². The zero-order valence-corrected chi connectivity index (χ0v) is 30.1. The molecule has 5 heterocycles. The maximum atomic E-state index is 14.0. The lowest BCUT2D eigenvalue weighted by molar-refractivity contribution is -0.154. The summed E-state index contributed by atoms with van der Waals surface area (Å²) in [5.74, 6) is 0.479. The number of benzene rings is 2. The lowest BCUT2D eigenvalue weighted by atomic mass is 10.0. The summed E-state index contributed by atoms with van der Waals surface area (Å²) in [7, 11) is -4.01. The third-order valence-corrected chi connectivity index (χ3v) is 10.8. The van der Waals surface area contributed by atoms with Crippen molar-refractivity contribution in [2.24, 2.45) is 0 Å². The number of fused-ring (bicyclic) bond motifs is 1. The van der Waals surface area contributed by atoms with E-state index in [9.17, 15) is 18.5 Å². The van der Waals surface area contributed by atoms with Crippen LogP contribution >= 0.6 is 0 Å². The van der Waals surface area contributed by atoms with Crippen LogP contribution in [-0.4, -0.2) is 76.4 Å². The molecule has 0 spiro atoms. The fourth-order valence-corrected chi connectivity index (χ4v) is 7.82. The van der Waals surface area contributed by atoms with Crippen molar-refractivity contribution < 1.29 is 32.3 Å². The maximum Gasteiger partial charge on any atom is 0.528 e. The molecule has 0 aliphatic carbocycles. The van der Waals surface area contributed by atoms with Crippen molar-refractivity contribution >= 4 is 27.2 Å². The minimum atomic E-state index is -4.01. The van der Waals surface area contributed by atoms with Crippen molar-refractivity contribution in [2.45, 2.75) is 69.1 Å². The van der Waals surface area contributed by atoms with Crippen LogP contribution in [0.3, 0.4) is 0 Å². The van der Waals surface area contributed by atoms with Crippen LogP contribution in [-0.2, 0) is 24.3 Å². The first-order chi connectivity index (χ1) is 25.0. The molecule has 52 heavy (non-hydrogen) atoms. The highest BCUT2D eigenvalue weighted by molar-refractivity contribution is 7.90. The number of carbonyl (C=O) groups excluding carboxylic acids is 1. The molecule has 0 saturated carbocycles. The fourth-order valence-electron chi connectivity index (χ4n) is 6.48. The number of nitriles is 1. The monoisotopic (exact) mass is 724 g/mol. The molecule has 2 aliphatic rings.